The molecule has 1 amide bonds. The number of rotatable bonds is 1. The fourth-order valence-corrected chi connectivity index (χ4v) is 3.98. The quantitative estimate of drug-likeness (QED) is 0.840. The van der Waals surface area contributed by atoms with Crippen LogP contribution in [0.15, 0.2) is 24.3 Å². The van der Waals surface area contributed by atoms with Crippen LogP contribution in [0.5, 0.6) is 0 Å². The molecule has 1 saturated heterocycles. The first-order valence-corrected chi connectivity index (χ1v) is 7.21. The number of benzene rings is 1. The number of para-hydroxylation sites is 1. The van der Waals surface area contributed by atoms with Gasteiger partial charge in [0.2, 0.25) is 5.91 Å². The van der Waals surface area contributed by atoms with E-state index in [4.69, 9.17) is 0 Å². The van der Waals surface area contributed by atoms with Crippen LogP contribution in [0.3, 0.4) is 0 Å². The van der Waals surface area contributed by atoms with Crippen LogP contribution in [0.4, 0.5) is 5.69 Å². The van der Waals surface area contributed by atoms with Gasteiger partial charge in [0.05, 0.1) is 0 Å². The van der Waals surface area contributed by atoms with Gasteiger partial charge >= 0.3 is 0 Å². The molecular formula is C16H22N2O. The summed E-state index contributed by atoms with van der Waals surface area (Å²) in [7, 11) is 0. The van der Waals surface area contributed by atoms with Crippen LogP contribution in [0, 0.1) is 0 Å². The second-order valence-electron chi connectivity index (χ2n) is 6.15. The number of carbonyl (C=O) groups is 1. The number of likely N-dealkylation sites (N-methyl/N-ethyl adjacent to an activating group) is 1. The minimum absolute atomic E-state index is 0.0598. The van der Waals surface area contributed by atoms with E-state index in [1.54, 1.807) is 0 Å². The van der Waals surface area contributed by atoms with E-state index in [0.29, 0.717) is 6.42 Å². The molecule has 0 aliphatic carbocycles. The first kappa shape index (κ1) is 12.5. The number of carbonyl (C=O) groups excluding carboxylic acids is 1. The molecule has 2 aliphatic rings. The first-order valence-electron chi connectivity index (χ1n) is 7.21. The maximum absolute atomic E-state index is 12.0. The Hall–Kier alpha value is -1.51. The molecule has 1 unspecified atom stereocenters. The number of nitrogens with one attached hydrogen (secondary N) is 1. The molecule has 1 aromatic rings. The van der Waals surface area contributed by atoms with E-state index >= 15 is 0 Å². The van der Waals surface area contributed by atoms with Crippen molar-refractivity contribution in [3.8, 4) is 0 Å². The Balaban J connectivity index is 2.18. The predicted molar refractivity (Wildman–Crippen MR) is 77.2 cm³/mol. The first-order chi connectivity index (χ1) is 9.03. The molecular weight excluding hydrogens is 236 g/mol. The Kier molecular flexibility index (Phi) is 2.63. The Morgan fingerprint density at radius 3 is 2.74 bits per heavy atom. The third kappa shape index (κ3) is 1.47. The van der Waals surface area contributed by atoms with E-state index in [9.17, 15) is 4.79 Å². The largest absolute Gasteiger partial charge is 0.348 e. The Labute approximate surface area is 115 Å². The number of hydrogen-bond acceptors (Lipinski definition) is 2. The normalized spacial score (nSPS) is 28.4. The zero-order valence-corrected chi connectivity index (χ0v) is 12.0. The van der Waals surface area contributed by atoms with E-state index in [1.807, 2.05) is 0 Å². The molecule has 0 saturated carbocycles. The lowest BCUT2D eigenvalue weighted by Gasteiger charge is -2.50. The topological polar surface area (TPSA) is 32.3 Å². The van der Waals surface area contributed by atoms with Crippen LogP contribution < -0.4 is 10.2 Å². The monoisotopic (exact) mass is 258 g/mol. The molecule has 102 valence electrons. The minimum atomic E-state index is -0.249. The summed E-state index contributed by atoms with van der Waals surface area (Å²) in [6.07, 6.45) is 2.65. The van der Waals surface area contributed by atoms with E-state index in [1.165, 1.54) is 11.3 Å². The maximum atomic E-state index is 12.0. The van der Waals surface area contributed by atoms with Gasteiger partial charge in [-0.1, -0.05) is 32.0 Å². The fraction of sp³-hybridized carbons (Fsp3) is 0.562. The van der Waals surface area contributed by atoms with Crippen molar-refractivity contribution in [2.75, 3.05) is 11.4 Å². The van der Waals surface area contributed by atoms with Gasteiger partial charge in [0, 0.05) is 24.1 Å². The molecule has 2 aliphatic heterocycles. The summed E-state index contributed by atoms with van der Waals surface area (Å²) in [5.41, 5.74) is 2.31. The van der Waals surface area contributed by atoms with Crippen molar-refractivity contribution in [3.05, 3.63) is 29.8 Å². The van der Waals surface area contributed by atoms with Crippen LogP contribution in [0.2, 0.25) is 0 Å². The summed E-state index contributed by atoms with van der Waals surface area (Å²) in [5, 5.41) is 3.32. The van der Waals surface area contributed by atoms with Crippen LogP contribution in [-0.4, -0.2) is 18.1 Å². The van der Waals surface area contributed by atoms with Gasteiger partial charge in [-0.05, 0) is 31.4 Å². The van der Waals surface area contributed by atoms with Crippen LogP contribution in [0.25, 0.3) is 0 Å². The molecule has 1 atom stereocenters. The predicted octanol–water partition coefficient (Wildman–Crippen LogP) is 2.80. The summed E-state index contributed by atoms with van der Waals surface area (Å²) < 4.78 is 0. The molecule has 1 spiro atoms. The number of hydrogen-bond donors (Lipinski definition) is 1. The van der Waals surface area contributed by atoms with Gasteiger partial charge < -0.3 is 10.2 Å². The number of fused-ring (bicyclic) bond motifs is 1. The van der Waals surface area contributed by atoms with Gasteiger partial charge in [-0.15, -0.1) is 0 Å². The molecule has 1 aromatic carbocycles. The van der Waals surface area contributed by atoms with Gasteiger partial charge in [0.15, 0.2) is 0 Å². The highest BCUT2D eigenvalue weighted by atomic mass is 16.2. The van der Waals surface area contributed by atoms with Crippen molar-refractivity contribution in [2.45, 2.75) is 51.1 Å². The lowest BCUT2D eigenvalue weighted by atomic mass is 9.72. The van der Waals surface area contributed by atoms with E-state index in [2.05, 4.69) is 55.3 Å². The second-order valence-corrected chi connectivity index (χ2v) is 6.15. The van der Waals surface area contributed by atoms with Gasteiger partial charge in [0.25, 0.3) is 0 Å². The van der Waals surface area contributed by atoms with Crippen molar-refractivity contribution in [1.82, 2.24) is 5.32 Å². The molecule has 0 bridgehead atoms. The van der Waals surface area contributed by atoms with Crippen LogP contribution in [-0.2, 0) is 10.2 Å². The number of anilines is 1. The summed E-state index contributed by atoms with van der Waals surface area (Å²) in [6.45, 7) is 7.60. The third-order valence-electron chi connectivity index (χ3n) is 4.97. The number of piperidine rings is 1. The van der Waals surface area contributed by atoms with Crippen molar-refractivity contribution >= 4 is 11.6 Å². The van der Waals surface area contributed by atoms with E-state index in [0.717, 1.165) is 19.4 Å². The molecule has 1 fully saturated rings. The highest BCUT2D eigenvalue weighted by molar-refractivity contribution is 5.81. The average Bonchev–Trinajstić information content (AvgIpc) is 2.56. The Bertz CT molecular complexity index is 523. The lowest BCUT2D eigenvalue weighted by molar-refractivity contribution is -0.126. The SMILES string of the molecule is CCN1c2ccccc2C(C)(C)C12CCCC(=O)N2. The van der Waals surface area contributed by atoms with Gasteiger partial charge in [-0.3, -0.25) is 4.79 Å². The van der Waals surface area contributed by atoms with E-state index in [-0.39, 0.29) is 17.0 Å². The second kappa shape index (κ2) is 3.99. The van der Waals surface area contributed by atoms with Gasteiger partial charge in [-0.25, -0.2) is 0 Å². The fourth-order valence-electron chi connectivity index (χ4n) is 3.98. The van der Waals surface area contributed by atoms with Crippen LogP contribution in [0.1, 0.15) is 45.6 Å². The molecule has 3 heteroatoms. The van der Waals surface area contributed by atoms with Crippen molar-refractivity contribution in [1.29, 1.82) is 0 Å². The maximum Gasteiger partial charge on any atom is 0.221 e. The molecule has 3 nitrogen and oxygen atoms in total. The van der Waals surface area contributed by atoms with Crippen LogP contribution >= 0.6 is 0 Å². The molecule has 0 radical (unpaired) electrons. The standard InChI is InChI=1S/C16H22N2O/c1-4-18-13-9-6-5-8-12(13)15(2,3)16(18)11-7-10-14(19)17-16/h5-6,8-9H,4,7,10-11H2,1-3H3,(H,17,19). The molecule has 2 heterocycles. The van der Waals surface area contributed by atoms with Gasteiger partial charge in [-0.2, -0.15) is 0 Å². The summed E-state index contributed by atoms with van der Waals surface area (Å²) >= 11 is 0. The van der Waals surface area contributed by atoms with Crippen molar-refractivity contribution in [2.24, 2.45) is 0 Å². The zero-order chi connectivity index (χ0) is 13.7. The zero-order valence-electron chi connectivity index (χ0n) is 12.0. The molecule has 3 rings (SSSR count). The molecule has 0 aromatic heterocycles. The lowest BCUT2D eigenvalue weighted by Crippen LogP contribution is -2.68. The minimum Gasteiger partial charge on any atom is -0.348 e. The highest BCUT2D eigenvalue weighted by Gasteiger charge is 2.57. The third-order valence-corrected chi connectivity index (χ3v) is 4.97. The van der Waals surface area contributed by atoms with E-state index < -0.39 is 0 Å². The molecule has 1 N–H and O–H groups in total. The van der Waals surface area contributed by atoms with Gasteiger partial charge in [0.1, 0.15) is 5.66 Å². The number of nitrogens with zero attached hydrogens (tertiary/aromatic N) is 1. The number of amides is 1. The average molecular weight is 258 g/mol. The Morgan fingerprint density at radius 2 is 2.05 bits per heavy atom. The summed E-state index contributed by atoms with van der Waals surface area (Å²) in [5.74, 6) is 0.186. The van der Waals surface area contributed by atoms with Crippen molar-refractivity contribution < 1.29 is 4.79 Å². The Morgan fingerprint density at radius 1 is 1.32 bits per heavy atom. The summed E-state index contributed by atoms with van der Waals surface area (Å²) in [4.78, 5) is 14.4. The summed E-state index contributed by atoms with van der Waals surface area (Å²) in [6, 6.07) is 8.56. The smallest absolute Gasteiger partial charge is 0.221 e. The molecule has 19 heavy (non-hydrogen) atoms. The van der Waals surface area contributed by atoms with Crippen molar-refractivity contribution in [3.63, 3.8) is 0 Å². The highest BCUT2D eigenvalue weighted by Crippen LogP contribution is 2.53.